The molecule has 5 heteroatoms. The van der Waals surface area contributed by atoms with Crippen LogP contribution in [0.2, 0.25) is 0 Å². The highest BCUT2D eigenvalue weighted by Gasteiger charge is 2.46. The molecule has 0 saturated heterocycles. The summed E-state index contributed by atoms with van der Waals surface area (Å²) in [7, 11) is 0. The molecule has 2 aliphatic rings. The monoisotopic (exact) mass is 1350 g/mol. The second-order valence-electron chi connectivity index (χ2n) is 34.2. The number of thiophene rings is 1. The first-order chi connectivity index (χ1) is 49.2. The van der Waals surface area contributed by atoms with Gasteiger partial charge < -0.3 is 14.4 Å². The molecule has 2 aliphatic heterocycles. The van der Waals surface area contributed by atoms with E-state index < -0.39 is 0 Å². The van der Waals surface area contributed by atoms with Crippen molar-refractivity contribution in [3.63, 3.8) is 0 Å². The lowest BCUT2D eigenvalue weighted by Crippen LogP contribution is -2.61. The molecule has 0 N–H and O–H groups in total. The summed E-state index contributed by atoms with van der Waals surface area (Å²) >= 11 is 1.88. The van der Waals surface area contributed by atoms with Crippen LogP contribution in [0.15, 0.2) is 273 Å². The maximum atomic E-state index is 2.73. The molecule has 0 amide bonds. The number of fused-ring (bicyclic) bond motifs is 10. The predicted octanol–water partition coefficient (Wildman–Crippen LogP) is 26.1. The van der Waals surface area contributed by atoms with Gasteiger partial charge in [0, 0.05) is 76.1 Å². The fourth-order valence-electron chi connectivity index (χ4n) is 16.4. The first-order valence-corrected chi connectivity index (χ1v) is 37.7. The molecule has 0 fully saturated rings. The molecule has 0 spiro atoms. The van der Waals surface area contributed by atoms with Crippen LogP contribution in [-0.2, 0) is 27.1 Å². The third-order valence-electron chi connectivity index (χ3n) is 22.1. The number of hydrogen-bond acceptors (Lipinski definition) is 3. The van der Waals surface area contributed by atoms with E-state index in [2.05, 4.69) is 391 Å². The van der Waals surface area contributed by atoms with Crippen molar-refractivity contribution in [2.75, 3.05) is 9.80 Å². The van der Waals surface area contributed by atoms with E-state index in [4.69, 9.17) is 0 Å². The van der Waals surface area contributed by atoms with Gasteiger partial charge >= 0.3 is 0 Å². The molecule has 0 aliphatic carbocycles. The van der Waals surface area contributed by atoms with E-state index in [1.54, 1.807) is 0 Å². The van der Waals surface area contributed by atoms with Crippen LogP contribution in [0.4, 0.5) is 34.1 Å². The second-order valence-corrected chi connectivity index (χ2v) is 35.3. The molecule has 15 aromatic rings. The van der Waals surface area contributed by atoms with Gasteiger partial charge in [-0.1, -0.05) is 292 Å². The number of nitrogens with zero attached hydrogens (tertiary/aromatic N) is 3. The number of hydrogen-bond donors (Lipinski definition) is 0. The minimum atomic E-state index is -0.240. The van der Waals surface area contributed by atoms with Gasteiger partial charge in [0.15, 0.2) is 0 Å². The molecule has 0 saturated carbocycles. The lowest BCUT2D eigenvalue weighted by Gasteiger charge is -2.46. The maximum Gasteiger partial charge on any atom is 0.252 e. The van der Waals surface area contributed by atoms with Crippen LogP contribution in [0.3, 0.4) is 0 Å². The fourth-order valence-corrected chi connectivity index (χ4v) is 17.5. The topological polar surface area (TPSA) is 11.4 Å². The van der Waals surface area contributed by atoms with E-state index >= 15 is 0 Å². The summed E-state index contributed by atoms with van der Waals surface area (Å²) in [5.41, 5.74) is 32.1. The zero-order valence-electron chi connectivity index (χ0n) is 62.3. The summed E-state index contributed by atoms with van der Waals surface area (Å²) in [6.45, 7) is 35.0. The lowest BCUT2D eigenvalue weighted by molar-refractivity contribution is 0.569. The second kappa shape index (κ2) is 24.1. The number of rotatable bonds is 8. The van der Waals surface area contributed by atoms with Crippen molar-refractivity contribution in [2.24, 2.45) is 0 Å². The Balaban J connectivity index is 1.06. The van der Waals surface area contributed by atoms with E-state index in [1.165, 1.54) is 125 Å². The molecule has 103 heavy (non-hydrogen) atoms. The van der Waals surface area contributed by atoms with E-state index in [-0.39, 0.29) is 33.8 Å². The number of benzene rings is 13. The fraction of sp³-hybridized carbons (Fsp3) is 0.204. The van der Waals surface area contributed by atoms with E-state index in [9.17, 15) is 0 Å². The van der Waals surface area contributed by atoms with E-state index in [0.29, 0.717) is 0 Å². The SMILES string of the molecule is CC(C)(C)c1cc(-c2ccc3c(c2)B2c4ccc(-n5c6ccc(C(C)(C)C)cc6c6cc(C(C)(C)C)ccc65)cc4N(c4ccccc4-c4ccccc4)c4cc(-c5cccc6sc7ccccc7c56)cc(c42)N3c2c(-c3ccccc3)cc(C(C)(C)C)cc2-c2ccccc2)cc(C(C)(C)C)c1. The van der Waals surface area contributed by atoms with Gasteiger partial charge in [0.2, 0.25) is 0 Å². The molecule has 17 rings (SSSR count). The Hall–Kier alpha value is -10.5. The van der Waals surface area contributed by atoms with Crippen molar-refractivity contribution in [1.82, 2.24) is 4.57 Å². The van der Waals surface area contributed by atoms with Crippen molar-refractivity contribution < 1.29 is 0 Å². The van der Waals surface area contributed by atoms with E-state index in [1.807, 2.05) is 11.3 Å². The summed E-state index contributed by atoms with van der Waals surface area (Å²) in [4.78, 5) is 5.41. The maximum absolute atomic E-state index is 2.73. The molecule has 2 aromatic heterocycles. The quantitative estimate of drug-likeness (QED) is 0.141. The van der Waals surface area contributed by atoms with E-state index in [0.717, 1.165) is 56.5 Å². The smallest absolute Gasteiger partial charge is 0.252 e. The van der Waals surface area contributed by atoms with Gasteiger partial charge in [-0.3, -0.25) is 0 Å². The average molecular weight is 1350 g/mol. The summed E-state index contributed by atoms with van der Waals surface area (Å²) in [6.07, 6.45) is 0. The summed E-state index contributed by atoms with van der Waals surface area (Å²) in [6, 6.07) is 106. The first-order valence-electron chi connectivity index (χ1n) is 36.9. The standard InChI is InChI=1S/C98H90BN3S/c1-94(2,3)67-43-48-83-78(56-67)79-57-68(95(4,5)6)44-49-84(79)100(83)72-45-46-80-86(60-72)101(82-39-27-25-36-73(82)61-30-19-16-20-31-61)87-53-66(74-38-29-41-90-91(74)75-37-26-28-40-89(75)103-90)54-88-92(87)99(80)81-52-64(65-50-69(96(7,8)9)55-70(51-65)97(10,11)12)42-47-85(81)102(88)93-76(62-32-21-17-22-33-62)58-71(98(13,14)15)59-77(93)63-34-23-18-24-35-63/h16-60H,1-15H3. The van der Waals surface area contributed by atoms with Crippen LogP contribution in [0.1, 0.15) is 132 Å². The highest BCUT2D eigenvalue weighted by Crippen LogP contribution is 2.55. The van der Waals surface area contributed by atoms with Crippen molar-refractivity contribution >= 4 is 111 Å². The number of para-hydroxylation sites is 1. The zero-order chi connectivity index (χ0) is 71.4. The Kier molecular flexibility index (Phi) is 15.4. The molecular weight excluding hydrogens is 1260 g/mol. The van der Waals surface area contributed by atoms with Crippen LogP contribution in [0.25, 0.3) is 103 Å². The van der Waals surface area contributed by atoms with Crippen molar-refractivity contribution in [3.05, 3.63) is 301 Å². The molecule has 13 aromatic carbocycles. The minimum absolute atomic E-state index is 0.0476. The van der Waals surface area contributed by atoms with Crippen molar-refractivity contribution in [2.45, 2.75) is 131 Å². The van der Waals surface area contributed by atoms with Crippen LogP contribution >= 0.6 is 11.3 Å². The molecule has 0 unspecified atom stereocenters. The average Bonchev–Trinajstić information content (AvgIpc) is 1.47. The van der Waals surface area contributed by atoms with Crippen molar-refractivity contribution in [3.8, 4) is 61.3 Å². The normalized spacial score (nSPS) is 13.3. The van der Waals surface area contributed by atoms with Crippen LogP contribution in [0.5, 0.6) is 0 Å². The number of anilines is 6. The molecule has 0 radical (unpaired) electrons. The Morgan fingerprint density at radius 3 is 1.34 bits per heavy atom. The Labute approximate surface area is 613 Å². The molecule has 0 bridgehead atoms. The Bertz CT molecular complexity index is 5730. The Morgan fingerprint density at radius 2 is 0.767 bits per heavy atom. The summed E-state index contributed by atoms with van der Waals surface area (Å²) < 4.78 is 5.12. The first kappa shape index (κ1) is 65.8. The Morgan fingerprint density at radius 1 is 0.272 bits per heavy atom. The predicted molar refractivity (Wildman–Crippen MR) is 448 cm³/mol. The zero-order valence-corrected chi connectivity index (χ0v) is 63.1. The van der Waals surface area contributed by atoms with Gasteiger partial charge in [-0.15, -0.1) is 11.3 Å². The van der Waals surface area contributed by atoms with Gasteiger partial charge in [0.05, 0.1) is 22.4 Å². The lowest BCUT2D eigenvalue weighted by atomic mass is 9.33. The third-order valence-corrected chi connectivity index (χ3v) is 23.3. The third kappa shape index (κ3) is 11.2. The molecule has 4 heterocycles. The molecule has 3 nitrogen and oxygen atoms in total. The molecule has 506 valence electrons. The largest absolute Gasteiger partial charge is 0.311 e. The van der Waals surface area contributed by atoms with Gasteiger partial charge in [0.1, 0.15) is 0 Å². The van der Waals surface area contributed by atoms with Crippen LogP contribution in [-0.4, -0.2) is 11.3 Å². The molecular formula is C98H90BN3S. The van der Waals surface area contributed by atoms with Gasteiger partial charge in [-0.2, -0.15) is 0 Å². The minimum Gasteiger partial charge on any atom is -0.311 e. The van der Waals surface area contributed by atoms with Crippen LogP contribution in [0, 0.1) is 0 Å². The highest BCUT2D eigenvalue weighted by molar-refractivity contribution is 7.26. The van der Waals surface area contributed by atoms with Crippen molar-refractivity contribution in [1.29, 1.82) is 0 Å². The van der Waals surface area contributed by atoms with Crippen LogP contribution < -0.4 is 26.2 Å². The summed E-state index contributed by atoms with van der Waals surface area (Å²) in [5.74, 6) is 0. The highest BCUT2D eigenvalue weighted by atomic mass is 32.1. The summed E-state index contributed by atoms with van der Waals surface area (Å²) in [5, 5.41) is 5.09. The van der Waals surface area contributed by atoms with Gasteiger partial charge in [0.25, 0.3) is 6.71 Å². The van der Waals surface area contributed by atoms with Gasteiger partial charge in [-0.25, -0.2) is 0 Å². The van der Waals surface area contributed by atoms with Gasteiger partial charge in [-0.05, 0) is 195 Å². The molecule has 0 atom stereocenters. The number of aromatic nitrogens is 1.